The van der Waals surface area contributed by atoms with Crippen molar-refractivity contribution in [1.29, 1.82) is 0 Å². The van der Waals surface area contributed by atoms with Crippen molar-refractivity contribution in [3.8, 4) is 0 Å². The molecule has 25 heavy (non-hydrogen) atoms. The molecular formula is C20H24ClN3O. The van der Waals surface area contributed by atoms with Gasteiger partial charge in [-0.3, -0.25) is 4.79 Å². The van der Waals surface area contributed by atoms with Crippen LogP contribution in [-0.4, -0.2) is 23.6 Å². The van der Waals surface area contributed by atoms with Crippen molar-refractivity contribution in [2.75, 3.05) is 11.4 Å². The van der Waals surface area contributed by atoms with Crippen LogP contribution in [0.15, 0.2) is 36.5 Å². The van der Waals surface area contributed by atoms with Gasteiger partial charge in [-0.05, 0) is 48.9 Å². The highest BCUT2D eigenvalue weighted by molar-refractivity contribution is 6.30. The molecule has 2 aromatic rings. The number of aryl methyl sites for hydroxylation is 2. The second-order valence-electron chi connectivity index (χ2n) is 6.32. The maximum absolute atomic E-state index is 13.0. The Kier molecular flexibility index (Phi) is 5.59. The molecule has 1 saturated heterocycles. The molecule has 1 aliphatic heterocycles. The number of pyridine rings is 1. The van der Waals surface area contributed by atoms with Crippen molar-refractivity contribution < 1.29 is 4.79 Å². The van der Waals surface area contributed by atoms with E-state index in [4.69, 9.17) is 11.6 Å². The third kappa shape index (κ3) is 3.79. The van der Waals surface area contributed by atoms with Gasteiger partial charge in [0, 0.05) is 23.3 Å². The maximum Gasteiger partial charge on any atom is 0.253 e. The van der Waals surface area contributed by atoms with Crippen molar-refractivity contribution in [2.45, 2.75) is 45.7 Å². The van der Waals surface area contributed by atoms with Crippen LogP contribution >= 0.6 is 11.6 Å². The van der Waals surface area contributed by atoms with E-state index in [2.05, 4.69) is 29.0 Å². The van der Waals surface area contributed by atoms with Crippen molar-refractivity contribution in [1.82, 2.24) is 10.3 Å². The lowest BCUT2D eigenvalue weighted by Gasteiger charge is -2.27. The number of carbonyl (C=O) groups excluding carboxylic acids is 1. The summed E-state index contributed by atoms with van der Waals surface area (Å²) in [4.78, 5) is 19.6. The Morgan fingerprint density at radius 2 is 2.00 bits per heavy atom. The standard InChI is InChI=1S/C20H24ClN3O/c1-3-14-7-5-8-15(4-2)19(14)20(25)23-17-9-6-12-24(17)18-13-16(21)10-11-22-18/h5,7-8,10-11,13,17H,3-4,6,9,12H2,1-2H3,(H,23,25). The first-order valence-corrected chi connectivity index (χ1v) is 9.31. The number of amides is 1. The molecule has 1 fully saturated rings. The monoisotopic (exact) mass is 357 g/mol. The second-order valence-corrected chi connectivity index (χ2v) is 6.75. The third-order valence-electron chi connectivity index (χ3n) is 4.78. The van der Waals surface area contributed by atoms with Crippen LogP contribution in [0.25, 0.3) is 0 Å². The van der Waals surface area contributed by atoms with E-state index in [0.717, 1.165) is 54.7 Å². The van der Waals surface area contributed by atoms with E-state index in [1.807, 2.05) is 24.3 Å². The van der Waals surface area contributed by atoms with E-state index >= 15 is 0 Å². The number of carbonyl (C=O) groups is 1. The predicted molar refractivity (Wildman–Crippen MR) is 102 cm³/mol. The molecule has 1 N–H and O–H groups in total. The first-order chi connectivity index (χ1) is 12.1. The Bertz CT molecular complexity index is 740. The number of benzene rings is 1. The quantitative estimate of drug-likeness (QED) is 0.871. The van der Waals surface area contributed by atoms with Gasteiger partial charge in [-0.25, -0.2) is 4.98 Å². The van der Waals surface area contributed by atoms with Crippen LogP contribution in [0.3, 0.4) is 0 Å². The zero-order chi connectivity index (χ0) is 17.8. The molecule has 0 aliphatic carbocycles. The fraction of sp³-hybridized carbons (Fsp3) is 0.400. The maximum atomic E-state index is 13.0. The van der Waals surface area contributed by atoms with E-state index in [1.165, 1.54) is 0 Å². The lowest BCUT2D eigenvalue weighted by Crippen LogP contribution is -2.45. The first kappa shape index (κ1) is 17.7. The average molecular weight is 358 g/mol. The van der Waals surface area contributed by atoms with Gasteiger partial charge < -0.3 is 10.2 Å². The molecule has 2 heterocycles. The summed E-state index contributed by atoms with van der Waals surface area (Å²) in [5.41, 5.74) is 3.03. The van der Waals surface area contributed by atoms with Crippen LogP contribution in [-0.2, 0) is 12.8 Å². The number of nitrogens with zero attached hydrogens (tertiary/aromatic N) is 2. The molecule has 1 aromatic heterocycles. The molecule has 1 aliphatic rings. The molecule has 0 bridgehead atoms. The minimum Gasteiger partial charge on any atom is -0.336 e. The van der Waals surface area contributed by atoms with Crippen molar-refractivity contribution >= 4 is 23.3 Å². The van der Waals surface area contributed by atoms with Crippen LogP contribution < -0.4 is 10.2 Å². The minimum absolute atomic E-state index is 0.00762. The number of anilines is 1. The van der Waals surface area contributed by atoms with Gasteiger partial charge in [0.2, 0.25) is 0 Å². The molecule has 5 heteroatoms. The average Bonchev–Trinajstić information content (AvgIpc) is 3.08. The Hall–Kier alpha value is -2.07. The molecule has 0 spiro atoms. The molecule has 1 aromatic carbocycles. The fourth-order valence-corrected chi connectivity index (χ4v) is 3.65. The van der Waals surface area contributed by atoms with Crippen LogP contribution in [0.1, 0.15) is 48.2 Å². The van der Waals surface area contributed by atoms with Gasteiger partial charge in [-0.15, -0.1) is 0 Å². The molecule has 3 rings (SSSR count). The number of hydrogen-bond acceptors (Lipinski definition) is 3. The molecule has 0 saturated carbocycles. The summed E-state index contributed by atoms with van der Waals surface area (Å²) in [5.74, 6) is 0.822. The summed E-state index contributed by atoms with van der Waals surface area (Å²) in [6.07, 6.45) is 5.29. The molecule has 0 radical (unpaired) electrons. The molecule has 1 atom stereocenters. The summed E-state index contributed by atoms with van der Waals surface area (Å²) >= 11 is 6.10. The number of nitrogens with one attached hydrogen (secondary N) is 1. The summed E-state index contributed by atoms with van der Waals surface area (Å²) < 4.78 is 0. The van der Waals surface area contributed by atoms with Gasteiger partial charge in [0.25, 0.3) is 5.91 Å². The first-order valence-electron chi connectivity index (χ1n) is 8.93. The SMILES string of the molecule is CCc1cccc(CC)c1C(=O)NC1CCCN1c1cc(Cl)ccn1. The molecule has 132 valence electrons. The van der Waals surface area contributed by atoms with Gasteiger partial charge in [-0.2, -0.15) is 0 Å². The number of hydrogen-bond donors (Lipinski definition) is 1. The van der Waals surface area contributed by atoms with Gasteiger partial charge in [0.05, 0.1) is 0 Å². The Morgan fingerprint density at radius 3 is 2.64 bits per heavy atom. The summed E-state index contributed by atoms with van der Waals surface area (Å²) in [6, 6.07) is 9.73. The minimum atomic E-state index is -0.0481. The van der Waals surface area contributed by atoms with Gasteiger partial charge in [0.1, 0.15) is 12.0 Å². The molecular weight excluding hydrogens is 334 g/mol. The Morgan fingerprint density at radius 1 is 1.28 bits per heavy atom. The number of rotatable bonds is 5. The zero-order valence-corrected chi connectivity index (χ0v) is 15.5. The Balaban J connectivity index is 1.83. The second kappa shape index (κ2) is 7.87. The molecule has 4 nitrogen and oxygen atoms in total. The largest absolute Gasteiger partial charge is 0.336 e. The van der Waals surface area contributed by atoms with Crippen LogP contribution in [0.4, 0.5) is 5.82 Å². The highest BCUT2D eigenvalue weighted by Gasteiger charge is 2.28. The van der Waals surface area contributed by atoms with Gasteiger partial charge >= 0.3 is 0 Å². The van der Waals surface area contributed by atoms with E-state index in [1.54, 1.807) is 12.3 Å². The fourth-order valence-electron chi connectivity index (χ4n) is 3.50. The molecule has 1 amide bonds. The summed E-state index contributed by atoms with van der Waals surface area (Å²) in [6.45, 7) is 5.04. The highest BCUT2D eigenvalue weighted by atomic mass is 35.5. The Labute approximate surface area is 154 Å². The molecule has 1 unspecified atom stereocenters. The van der Waals surface area contributed by atoms with Crippen molar-refractivity contribution in [2.24, 2.45) is 0 Å². The van der Waals surface area contributed by atoms with E-state index in [-0.39, 0.29) is 12.1 Å². The normalized spacial score (nSPS) is 16.9. The highest BCUT2D eigenvalue weighted by Crippen LogP contribution is 2.25. The van der Waals surface area contributed by atoms with Crippen LogP contribution in [0.2, 0.25) is 5.02 Å². The van der Waals surface area contributed by atoms with Crippen LogP contribution in [0.5, 0.6) is 0 Å². The number of halogens is 1. The van der Waals surface area contributed by atoms with Crippen molar-refractivity contribution in [3.63, 3.8) is 0 Å². The summed E-state index contributed by atoms with van der Waals surface area (Å²) in [7, 11) is 0. The summed E-state index contributed by atoms with van der Waals surface area (Å²) in [5, 5.41) is 3.88. The van der Waals surface area contributed by atoms with E-state index in [9.17, 15) is 4.79 Å². The number of aromatic nitrogens is 1. The lowest BCUT2D eigenvalue weighted by atomic mass is 9.97. The topological polar surface area (TPSA) is 45.2 Å². The van der Waals surface area contributed by atoms with Crippen molar-refractivity contribution in [3.05, 3.63) is 58.2 Å². The predicted octanol–water partition coefficient (Wildman–Crippen LogP) is 4.22. The van der Waals surface area contributed by atoms with E-state index < -0.39 is 0 Å². The van der Waals surface area contributed by atoms with Crippen LogP contribution in [0, 0.1) is 0 Å². The van der Waals surface area contributed by atoms with Gasteiger partial charge in [0.15, 0.2) is 0 Å². The zero-order valence-electron chi connectivity index (χ0n) is 14.8. The van der Waals surface area contributed by atoms with E-state index in [0.29, 0.717) is 5.02 Å². The van der Waals surface area contributed by atoms with Gasteiger partial charge in [-0.1, -0.05) is 43.6 Å². The third-order valence-corrected chi connectivity index (χ3v) is 5.01. The smallest absolute Gasteiger partial charge is 0.253 e. The lowest BCUT2D eigenvalue weighted by molar-refractivity contribution is 0.0936.